The number of esters is 1. The van der Waals surface area contributed by atoms with Crippen LogP contribution >= 0.6 is 35.0 Å². The Morgan fingerprint density at radius 2 is 1.53 bits per heavy atom. The van der Waals surface area contributed by atoms with Crippen LogP contribution in [0.1, 0.15) is 23.6 Å². The predicted octanol–water partition coefficient (Wildman–Crippen LogP) is 7.33. The average Bonchev–Trinajstić information content (AvgIpc) is 2.82. The summed E-state index contributed by atoms with van der Waals surface area (Å²) in [6, 6.07) is 21.7. The van der Waals surface area contributed by atoms with E-state index in [1.165, 1.54) is 7.11 Å². The number of carbonyl (C=O) groups excluding carboxylic acids is 1. The maximum atomic E-state index is 11.4. The standard InChI is InChI=1S/C26H24Cl2O3S/c1-3-18-16-23(12-13-25(18)31-17-26(29)30-2)32-15-14-24(19-4-8-21(27)9-5-19)20-6-10-22(28)11-7-20/h4-14,16H,3,15,17H2,1-2H3. The van der Waals surface area contributed by atoms with Gasteiger partial charge in [0.05, 0.1) is 7.11 Å². The van der Waals surface area contributed by atoms with E-state index < -0.39 is 5.97 Å². The largest absolute Gasteiger partial charge is 0.482 e. The third kappa shape index (κ3) is 6.80. The second-order valence-corrected chi connectivity index (χ2v) is 8.90. The third-order valence-corrected chi connectivity index (χ3v) is 6.26. The lowest BCUT2D eigenvalue weighted by molar-refractivity contribution is -0.142. The Balaban J connectivity index is 1.77. The zero-order valence-electron chi connectivity index (χ0n) is 17.9. The van der Waals surface area contributed by atoms with Gasteiger partial charge in [-0.25, -0.2) is 4.79 Å². The van der Waals surface area contributed by atoms with E-state index in [0.717, 1.165) is 39.3 Å². The molecule has 3 aromatic rings. The molecular formula is C26H24Cl2O3S. The van der Waals surface area contributed by atoms with Crippen molar-refractivity contribution in [2.45, 2.75) is 18.2 Å². The molecule has 32 heavy (non-hydrogen) atoms. The zero-order valence-corrected chi connectivity index (χ0v) is 20.3. The Labute approximate surface area is 203 Å². The molecule has 0 unspecified atom stereocenters. The van der Waals surface area contributed by atoms with Gasteiger partial charge < -0.3 is 9.47 Å². The molecule has 0 saturated carbocycles. The molecule has 0 fully saturated rings. The van der Waals surface area contributed by atoms with Gasteiger partial charge in [0, 0.05) is 20.7 Å². The molecule has 166 valence electrons. The van der Waals surface area contributed by atoms with Crippen LogP contribution in [0.2, 0.25) is 10.0 Å². The summed E-state index contributed by atoms with van der Waals surface area (Å²) in [6.45, 7) is 1.97. The summed E-state index contributed by atoms with van der Waals surface area (Å²) in [5.74, 6) is 1.10. The summed E-state index contributed by atoms with van der Waals surface area (Å²) >= 11 is 13.9. The van der Waals surface area contributed by atoms with Gasteiger partial charge in [0.1, 0.15) is 5.75 Å². The molecule has 3 aromatic carbocycles. The summed E-state index contributed by atoms with van der Waals surface area (Å²) in [4.78, 5) is 12.5. The van der Waals surface area contributed by atoms with E-state index in [0.29, 0.717) is 15.8 Å². The second kappa shape index (κ2) is 12.0. The van der Waals surface area contributed by atoms with Crippen LogP contribution in [0.15, 0.2) is 77.7 Å². The number of aryl methyl sites for hydroxylation is 1. The number of carbonyl (C=O) groups is 1. The predicted molar refractivity (Wildman–Crippen MR) is 134 cm³/mol. The number of thioether (sulfide) groups is 1. The van der Waals surface area contributed by atoms with Crippen molar-refractivity contribution in [1.82, 2.24) is 0 Å². The Hall–Kier alpha value is -2.40. The molecule has 0 bridgehead atoms. The van der Waals surface area contributed by atoms with Crippen molar-refractivity contribution in [1.29, 1.82) is 0 Å². The number of halogens is 2. The van der Waals surface area contributed by atoms with Gasteiger partial charge in [0.15, 0.2) is 6.61 Å². The lowest BCUT2D eigenvalue weighted by Crippen LogP contribution is -2.13. The molecule has 6 heteroatoms. The van der Waals surface area contributed by atoms with Crippen LogP contribution in [0.4, 0.5) is 0 Å². The molecule has 0 N–H and O–H groups in total. The van der Waals surface area contributed by atoms with Crippen LogP contribution in [-0.4, -0.2) is 25.4 Å². The molecule has 0 aliphatic rings. The van der Waals surface area contributed by atoms with Gasteiger partial charge in [0.25, 0.3) is 0 Å². The van der Waals surface area contributed by atoms with E-state index in [4.69, 9.17) is 27.9 Å². The Morgan fingerprint density at radius 1 is 0.938 bits per heavy atom. The fourth-order valence-corrected chi connectivity index (χ4v) is 4.23. The van der Waals surface area contributed by atoms with E-state index in [1.54, 1.807) is 11.8 Å². The summed E-state index contributed by atoms with van der Waals surface area (Å²) in [5.41, 5.74) is 4.37. The van der Waals surface area contributed by atoms with Crippen LogP contribution in [-0.2, 0) is 16.0 Å². The van der Waals surface area contributed by atoms with Gasteiger partial charge in [-0.1, -0.05) is 60.5 Å². The fraction of sp³-hybridized carbons (Fsp3) is 0.192. The first-order chi connectivity index (χ1) is 15.5. The van der Waals surface area contributed by atoms with Crippen LogP contribution < -0.4 is 4.74 Å². The first-order valence-corrected chi connectivity index (χ1v) is 11.9. The Bertz CT molecular complexity index is 1030. The first-order valence-electron chi connectivity index (χ1n) is 10.2. The lowest BCUT2D eigenvalue weighted by atomic mass is 9.98. The van der Waals surface area contributed by atoms with E-state index in [-0.39, 0.29) is 6.61 Å². The van der Waals surface area contributed by atoms with Crippen molar-refractivity contribution in [2.24, 2.45) is 0 Å². The number of ether oxygens (including phenoxy) is 2. The van der Waals surface area contributed by atoms with Crippen molar-refractivity contribution < 1.29 is 14.3 Å². The number of benzene rings is 3. The van der Waals surface area contributed by atoms with Crippen molar-refractivity contribution in [3.8, 4) is 5.75 Å². The highest BCUT2D eigenvalue weighted by molar-refractivity contribution is 7.99. The molecule has 0 saturated heterocycles. The highest BCUT2D eigenvalue weighted by Gasteiger charge is 2.09. The van der Waals surface area contributed by atoms with Crippen LogP contribution in [0.25, 0.3) is 5.57 Å². The monoisotopic (exact) mass is 486 g/mol. The van der Waals surface area contributed by atoms with Crippen molar-refractivity contribution in [2.75, 3.05) is 19.5 Å². The van der Waals surface area contributed by atoms with Crippen molar-refractivity contribution >= 4 is 46.5 Å². The third-order valence-electron chi connectivity index (χ3n) is 4.83. The summed E-state index contributed by atoms with van der Waals surface area (Å²) in [7, 11) is 1.35. The second-order valence-electron chi connectivity index (χ2n) is 6.93. The maximum absolute atomic E-state index is 11.4. The Kier molecular flexibility index (Phi) is 9.10. The van der Waals surface area contributed by atoms with Gasteiger partial charge in [-0.05, 0) is 71.1 Å². The fourth-order valence-electron chi connectivity index (χ4n) is 3.14. The number of methoxy groups -OCH3 is 1. The molecule has 0 spiro atoms. The van der Waals surface area contributed by atoms with Crippen molar-refractivity contribution in [3.63, 3.8) is 0 Å². The van der Waals surface area contributed by atoms with Crippen LogP contribution in [0.5, 0.6) is 5.75 Å². The summed E-state index contributed by atoms with van der Waals surface area (Å²) in [6.07, 6.45) is 3.02. The van der Waals surface area contributed by atoms with Gasteiger partial charge in [-0.2, -0.15) is 0 Å². The smallest absolute Gasteiger partial charge is 0.343 e. The molecule has 3 nitrogen and oxygen atoms in total. The first kappa shape index (κ1) is 24.2. The summed E-state index contributed by atoms with van der Waals surface area (Å²) in [5, 5.41) is 1.42. The van der Waals surface area contributed by atoms with Crippen molar-refractivity contribution in [3.05, 3.63) is 99.5 Å². The van der Waals surface area contributed by atoms with Gasteiger partial charge in [-0.15, -0.1) is 11.8 Å². The molecule has 0 heterocycles. The van der Waals surface area contributed by atoms with Crippen LogP contribution in [0.3, 0.4) is 0 Å². The van der Waals surface area contributed by atoms with E-state index >= 15 is 0 Å². The lowest BCUT2D eigenvalue weighted by Gasteiger charge is -2.12. The SMILES string of the molecule is CCc1cc(SCC=C(c2ccc(Cl)cc2)c2ccc(Cl)cc2)ccc1OCC(=O)OC. The number of hydrogen-bond donors (Lipinski definition) is 0. The minimum absolute atomic E-state index is 0.0930. The average molecular weight is 487 g/mol. The minimum atomic E-state index is -0.396. The maximum Gasteiger partial charge on any atom is 0.343 e. The molecule has 3 rings (SSSR count). The normalized spacial score (nSPS) is 10.5. The topological polar surface area (TPSA) is 35.5 Å². The Morgan fingerprint density at radius 3 is 2.06 bits per heavy atom. The highest BCUT2D eigenvalue weighted by Crippen LogP contribution is 2.30. The van der Waals surface area contributed by atoms with E-state index in [9.17, 15) is 4.79 Å². The molecule has 0 amide bonds. The molecule has 0 atom stereocenters. The van der Waals surface area contributed by atoms with E-state index in [1.807, 2.05) is 60.7 Å². The number of rotatable bonds is 9. The molecule has 0 aliphatic heterocycles. The zero-order chi connectivity index (χ0) is 22.9. The van der Waals surface area contributed by atoms with Gasteiger partial charge >= 0.3 is 5.97 Å². The van der Waals surface area contributed by atoms with Gasteiger partial charge in [-0.3, -0.25) is 0 Å². The summed E-state index contributed by atoms with van der Waals surface area (Å²) < 4.78 is 10.2. The molecular weight excluding hydrogens is 463 g/mol. The minimum Gasteiger partial charge on any atom is -0.482 e. The van der Waals surface area contributed by atoms with E-state index in [2.05, 4.69) is 23.8 Å². The highest BCUT2D eigenvalue weighted by atomic mass is 35.5. The molecule has 0 aliphatic carbocycles. The van der Waals surface area contributed by atoms with Crippen LogP contribution in [0, 0.1) is 0 Å². The molecule has 0 aromatic heterocycles. The molecule has 0 radical (unpaired) electrons. The number of hydrogen-bond acceptors (Lipinski definition) is 4. The van der Waals surface area contributed by atoms with Gasteiger partial charge in [0.2, 0.25) is 0 Å². The quantitative estimate of drug-likeness (QED) is 0.234.